The van der Waals surface area contributed by atoms with Crippen molar-refractivity contribution in [2.45, 2.75) is 38.1 Å². The van der Waals surface area contributed by atoms with Crippen molar-refractivity contribution in [3.8, 4) is 0 Å². The van der Waals surface area contributed by atoms with Gasteiger partial charge in [0.25, 0.3) is 5.56 Å². The second-order valence-corrected chi connectivity index (χ2v) is 6.28. The van der Waals surface area contributed by atoms with Crippen LogP contribution in [-0.2, 0) is 20.6 Å². The molecule has 0 aliphatic heterocycles. The van der Waals surface area contributed by atoms with Gasteiger partial charge in [0.1, 0.15) is 0 Å². The zero-order valence-electron chi connectivity index (χ0n) is 13.6. The molecule has 4 rings (SSSR count). The van der Waals surface area contributed by atoms with Gasteiger partial charge in [-0.25, -0.2) is 9.78 Å². The molecule has 1 aliphatic rings. The fourth-order valence-corrected chi connectivity index (χ4v) is 3.34. The molecule has 1 aliphatic carbocycles. The van der Waals surface area contributed by atoms with Gasteiger partial charge in [-0.2, -0.15) is 4.98 Å². The van der Waals surface area contributed by atoms with Crippen LogP contribution in [0.3, 0.4) is 0 Å². The zero-order valence-corrected chi connectivity index (χ0v) is 13.6. The monoisotopic (exact) mass is 330 g/mol. The SMILES string of the molecule is Cn1c(=O)c2c(ncn2Cc2noc(C3CCCC3)n2)n(C)c1=O. The summed E-state index contributed by atoms with van der Waals surface area (Å²) in [4.78, 5) is 33.0. The van der Waals surface area contributed by atoms with Crippen molar-refractivity contribution < 1.29 is 4.52 Å². The predicted molar refractivity (Wildman–Crippen MR) is 84.8 cm³/mol. The minimum Gasteiger partial charge on any atom is -0.339 e. The second-order valence-electron chi connectivity index (χ2n) is 6.28. The van der Waals surface area contributed by atoms with Gasteiger partial charge in [-0.3, -0.25) is 13.9 Å². The number of hydrogen-bond acceptors (Lipinski definition) is 6. The zero-order chi connectivity index (χ0) is 16.8. The number of rotatable bonds is 3. The van der Waals surface area contributed by atoms with Gasteiger partial charge >= 0.3 is 5.69 Å². The maximum absolute atomic E-state index is 12.4. The van der Waals surface area contributed by atoms with E-state index >= 15 is 0 Å². The molecule has 24 heavy (non-hydrogen) atoms. The van der Waals surface area contributed by atoms with Crippen LogP contribution in [0.5, 0.6) is 0 Å². The van der Waals surface area contributed by atoms with Crippen LogP contribution >= 0.6 is 0 Å². The highest BCUT2D eigenvalue weighted by Crippen LogP contribution is 2.32. The molecular weight excluding hydrogens is 312 g/mol. The fourth-order valence-electron chi connectivity index (χ4n) is 3.34. The van der Waals surface area contributed by atoms with Crippen molar-refractivity contribution in [2.75, 3.05) is 0 Å². The first-order valence-electron chi connectivity index (χ1n) is 7.99. The number of fused-ring (bicyclic) bond motifs is 1. The highest BCUT2D eigenvalue weighted by molar-refractivity contribution is 5.70. The molecule has 3 aromatic heterocycles. The highest BCUT2D eigenvalue weighted by atomic mass is 16.5. The Morgan fingerprint density at radius 2 is 1.96 bits per heavy atom. The molecule has 1 saturated carbocycles. The summed E-state index contributed by atoms with van der Waals surface area (Å²) in [5.74, 6) is 1.53. The molecule has 9 heteroatoms. The molecule has 0 bridgehead atoms. The molecule has 0 N–H and O–H groups in total. The summed E-state index contributed by atoms with van der Waals surface area (Å²) in [6.07, 6.45) is 6.07. The van der Waals surface area contributed by atoms with Crippen LogP contribution in [0.4, 0.5) is 0 Å². The van der Waals surface area contributed by atoms with Gasteiger partial charge in [0.15, 0.2) is 17.0 Å². The van der Waals surface area contributed by atoms with Crippen molar-refractivity contribution in [3.05, 3.63) is 38.9 Å². The third-order valence-electron chi connectivity index (χ3n) is 4.72. The Balaban J connectivity index is 1.73. The van der Waals surface area contributed by atoms with Gasteiger partial charge in [-0.1, -0.05) is 18.0 Å². The van der Waals surface area contributed by atoms with Crippen molar-refractivity contribution in [3.63, 3.8) is 0 Å². The lowest BCUT2D eigenvalue weighted by Crippen LogP contribution is -2.37. The van der Waals surface area contributed by atoms with Crippen LogP contribution in [0.1, 0.15) is 43.3 Å². The first kappa shape index (κ1) is 14.9. The molecule has 0 spiro atoms. The summed E-state index contributed by atoms with van der Waals surface area (Å²) in [5.41, 5.74) is -0.0830. The fraction of sp³-hybridized carbons (Fsp3) is 0.533. The average molecular weight is 330 g/mol. The summed E-state index contributed by atoms with van der Waals surface area (Å²) in [5, 5.41) is 4.02. The third-order valence-corrected chi connectivity index (χ3v) is 4.72. The molecule has 0 aromatic carbocycles. The van der Waals surface area contributed by atoms with Crippen LogP contribution in [0, 0.1) is 0 Å². The standard InChI is InChI=1S/C15H18N6O3/c1-19-12-11(14(22)20(2)15(19)23)21(8-16-12)7-10-17-13(24-18-10)9-5-3-4-6-9/h8-9H,3-7H2,1-2H3. The summed E-state index contributed by atoms with van der Waals surface area (Å²) in [7, 11) is 3.04. The summed E-state index contributed by atoms with van der Waals surface area (Å²) in [6.45, 7) is 0.278. The maximum Gasteiger partial charge on any atom is 0.332 e. The maximum atomic E-state index is 12.4. The van der Waals surface area contributed by atoms with Crippen LogP contribution in [0.2, 0.25) is 0 Å². The van der Waals surface area contributed by atoms with Gasteiger partial charge < -0.3 is 9.09 Å². The van der Waals surface area contributed by atoms with Crippen molar-refractivity contribution >= 4 is 11.2 Å². The van der Waals surface area contributed by atoms with E-state index in [9.17, 15) is 9.59 Å². The summed E-state index contributed by atoms with van der Waals surface area (Å²) >= 11 is 0. The van der Waals surface area contributed by atoms with E-state index < -0.39 is 5.69 Å². The van der Waals surface area contributed by atoms with Crippen molar-refractivity contribution in [1.29, 1.82) is 0 Å². The number of aromatic nitrogens is 6. The molecule has 9 nitrogen and oxygen atoms in total. The van der Waals surface area contributed by atoms with E-state index in [0.29, 0.717) is 28.8 Å². The molecule has 0 unspecified atom stereocenters. The van der Waals surface area contributed by atoms with E-state index in [4.69, 9.17) is 4.52 Å². The Hall–Kier alpha value is -2.71. The van der Waals surface area contributed by atoms with E-state index in [1.807, 2.05) is 0 Å². The molecule has 3 heterocycles. The predicted octanol–water partition coefficient (Wildman–Crippen LogP) is 0.523. The lowest BCUT2D eigenvalue weighted by atomic mass is 10.1. The molecule has 0 amide bonds. The molecule has 0 saturated heterocycles. The van der Waals surface area contributed by atoms with Crippen LogP contribution in [-0.4, -0.2) is 28.8 Å². The number of imidazole rings is 1. The topological polar surface area (TPSA) is 101 Å². The van der Waals surface area contributed by atoms with E-state index in [-0.39, 0.29) is 12.1 Å². The lowest BCUT2D eigenvalue weighted by molar-refractivity contribution is 0.349. The second kappa shape index (κ2) is 5.43. The molecule has 1 fully saturated rings. The molecule has 0 radical (unpaired) electrons. The molecular formula is C15H18N6O3. The smallest absolute Gasteiger partial charge is 0.332 e. The molecule has 0 atom stereocenters. The van der Waals surface area contributed by atoms with E-state index in [2.05, 4.69) is 15.1 Å². The first-order valence-corrected chi connectivity index (χ1v) is 7.99. The third kappa shape index (κ3) is 2.19. The largest absolute Gasteiger partial charge is 0.339 e. The minimum atomic E-state index is -0.402. The Kier molecular flexibility index (Phi) is 3.36. The Morgan fingerprint density at radius 1 is 1.21 bits per heavy atom. The van der Waals surface area contributed by atoms with Gasteiger partial charge in [0.2, 0.25) is 5.89 Å². The summed E-state index contributed by atoms with van der Waals surface area (Å²) < 4.78 is 9.45. The normalized spacial score (nSPS) is 15.6. The van der Waals surface area contributed by atoms with Gasteiger partial charge in [-0.15, -0.1) is 0 Å². The van der Waals surface area contributed by atoms with E-state index in [1.54, 1.807) is 11.6 Å². The van der Waals surface area contributed by atoms with Crippen molar-refractivity contribution in [2.24, 2.45) is 14.1 Å². The Labute approximate surface area is 136 Å². The van der Waals surface area contributed by atoms with E-state index in [0.717, 1.165) is 17.4 Å². The van der Waals surface area contributed by atoms with Crippen molar-refractivity contribution in [1.82, 2.24) is 28.8 Å². The number of hydrogen-bond donors (Lipinski definition) is 0. The Morgan fingerprint density at radius 3 is 2.71 bits per heavy atom. The Bertz CT molecular complexity index is 1020. The van der Waals surface area contributed by atoms with Crippen LogP contribution in [0.15, 0.2) is 20.4 Å². The van der Waals surface area contributed by atoms with Gasteiger partial charge in [0.05, 0.1) is 12.9 Å². The quantitative estimate of drug-likeness (QED) is 0.694. The van der Waals surface area contributed by atoms with Crippen LogP contribution < -0.4 is 11.2 Å². The van der Waals surface area contributed by atoms with E-state index in [1.165, 1.54) is 30.8 Å². The van der Waals surface area contributed by atoms with Gasteiger partial charge in [0, 0.05) is 20.0 Å². The molecule has 126 valence electrons. The van der Waals surface area contributed by atoms with Gasteiger partial charge in [-0.05, 0) is 12.8 Å². The first-order chi connectivity index (χ1) is 11.6. The number of aryl methyl sites for hydroxylation is 1. The average Bonchev–Trinajstić information content (AvgIpc) is 3.31. The molecule has 3 aromatic rings. The summed E-state index contributed by atoms with van der Waals surface area (Å²) in [6, 6.07) is 0. The van der Waals surface area contributed by atoms with Crippen LogP contribution in [0.25, 0.3) is 11.2 Å². The number of nitrogens with zero attached hydrogens (tertiary/aromatic N) is 6. The minimum absolute atomic E-state index is 0.278. The lowest BCUT2D eigenvalue weighted by Gasteiger charge is -2.04. The highest BCUT2D eigenvalue weighted by Gasteiger charge is 2.23.